The zero-order valence-electron chi connectivity index (χ0n) is 18.2. The van der Waals surface area contributed by atoms with Crippen LogP contribution in [0.25, 0.3) is 11.1 Å². The smallest absolute Gasteiger partial charge is 0.320 e. The number of benzene rings is 3. The van der Waals surface area contributed by atoms with Gasteiger partial charge in [-0.05, 0) is 30.2 Å². The molecule has 0 aromatic heterocycles. The first-order chi connectivity index (χ1) is 15.5. The van der Waals surface area contributed by atoms with Crippen LogP contribution in [0, 0.1) is 0 Å². The fraction of sp³-hybridized carbons (Fsp3) is 0.200. The van der Waals surface area contributed by atoms with Crippen molar-refractivity contribution >= 4 is 12.3 Å². The number of ether oxygens (including phenoxy) is 1. The van der Waals surface area contributed by atoms with Crippen LogP contribution in [0.15, 0.2) is 78.9 Å². The monoisotopic (exact) mass is 437 g/mol. The van der Waals surface area contributed by atoms with Crippen molar-refractivity contribution < 1.29 is 19.4 Å². The Labute approximate surface area is 188 Å². The van der Waals surface area contributed by atoms with Crippen molar-refractivity contribution in [3.05, 3.63) is 90.0 Å². The lowest BCUT2D eigenvalue weighted by atomic mass is 10.0. The number of para-hydroxylation sites is 1. The zero-order chi connectivity index (χ0) is 23.8. The molecule has 7 heteroatoms. The Kier molecular flexibility index (Phi) is 12.7. The molecule has 0 heterocycles. The predicted molar refractivity (Wildman–Crippen MR) is 127 cm³/mol. The largest absolute Gasteiger partial charge is 0.496 e. The van der Waals surface area contributed by atoms with Gasteiger partial charge >= 0.3 is 5.97 Å². The van der Waals surface area contributed by atoms with Crippen molar-refractivity contribution in [1.82, 2.24) is 0 Å². The van der Waals surface area contributed by atoms with Gasteiger partial charge in [0.15, 0.2) is 0 Å². The van der Waals surface area contributed by atoms with Gasteiger partial charge in [-0.2, -0.15) is 0 Å². The summed E-state index contributed by atoms with van der Waals surface area (Å²) in [6.45, 7) is 0.859. The molecule has 3 rings (SSSR count). The fourth-order valence-corrected chi connectivity index (χ4v) is 2.56. The molecule has 0 bridgehead atoms. The van der Waals surface area contributed by atoms with Crippen molar-refractivity contribution in [2.45, 2.75) is 19.0 Å². The van der Waals surface area contributed by atoms with Crippen LogP contribution >= 0.6 is 0 Å². The first kappa shape index (κ1) is 26.5. The minimum atomic E-state index is -0.990. The normalized spacial score (nSPS) is 10.5. The summed E-state index contributed by atoms with van der Waals surface area (Å²) in [6.07, 6.45) is 1.20. The highest BCUT2D eigenvalue weighted by Gasteiger charge is 2.08. The molecule has 0 aliphatic heterocycles. The molecule has 0 spiro atoms. The van der Waals surface area contributed by atoms with Crippen LogP contribution in [-0.2, 0) is 11.3 Å². The lowest BCUT2D eigenvalue weighted by Crippen LogP contribution is -2.32. The lowest BCUT2D eigenvalue weighted by molar-refractivity contribution is -0.138. The molecule has 0 fully saturated rings. The zero-order valence-corrected chi connectivity index (χ0v) is 18.2. The number of carbonyl (C=O) groups is 2. The van der Waals surface area contributed by atoms with E-state index >= 15 is 0 Å². The molecule has 0 amide bonds. The van der Waals surface area contributed by atoms with E-state index in [1.165, 1.54) is 5.56 Å². The molecule has 0 aliphatic carbocycles. The van der Waals surface area contributed by atoms with Gasteiger partial charge in [0.25, 0.3) is 0 Å². The molecular weight excluding hydrogens is 406 g/mol. The maximum atomic E-state index is 10.5. The standard InChI is InChI=1S/C13H10O.C8H11NO.C4H10N2O2/c14-10-11-6-8-13(9-7-11)12-4-2-1-3-5-12;1-10-8-5-3-2-4-7(8)6-9;5-2-1-3(6)4(7)8/h1-10H;2-5H,6,9H2,1H3;3H,1-2,5-6H2,(H,7,8). The van der Waals surface area contributed by atoms with E-state index in [-0.39, 0.29) is 0 Å². The summed E-state index contributed by atoms with van der Waals surface area (Å²) in [4.78, 5) is 20.4. The third-order valence-electron chi connectivity index (χ3n) is 4.36. The first-order valence-corrected chi connectivity index (χ1v) is 10.1. The van der Waals surface area contributed by atoms with E-state index in [0.29, 0.717) is 25.1 Å². The van der Waals surface area contributed by atoms with E-state index in [1.807, 2.05) is 66.7 Å². The lowest BCUT2D eigenvalue weighted by Gasteiger charge is -2.03. The molecule has 0 saturated carbocycles. The Hall–Kier alpha value is -3.52. The van der Waals surface area contributed by atoms with Gasteiger partial charge in [-0.1, -0.05) is 72.8 Å². The highest BCUT2D eigenvalue weighted by atomic mass is 16.5. The minimum Gasteiger partial charge on any atom is -0.496 e. The van der Waals surface area contributed by atoms with Crippen molar-refractivity contribution in [2.75, 3.05) is 13.7 Å². The van der Waals surface area contributed by atoms with Gasteiger partial charge in [0.05, 0.1) is 7.11 Å². The number of carboxylic acids is 1. The quantitative estimate of drug-likeness (QED) is 0.416. The molecule has 7 nitrogen and oxygen atoms in total. The molecule has 1 unspecified atom stereocenters. The molecular formula is C25H31N3O4. The van der Waals surface area contributed by atoms with E-state index in [1.54, 1.807) is 7.11 Å². The van der Waals surface area contributed by atoms with E-state index in [0.717, 1.165) is 23.2 Å². The maximum Gasteiger partial charge on any atom is 0.320 e. The summed E-state index contributed by atoms with van der Waals surface area (Å²) in [6, 6.07) is 24.6. The predicted octanol–water partition coefficient (Wildman–Crippen LogP) is 3.07. The van der Waals surface area contributed by atoms with Gasteiger partial charge in [0.1, 0.15) is 18.1 Å². The second-order valence-electron chi connectivity index (χ2n) is 6.64. The Morgan fingerprint density at radius 1 is 0.938 bits per heavy atom. The Morgan fingerprint density at radius 3 is 1.94 bits per heavy atom. The van der Waals surface area contributed by atoms with Crippen molar-refractivity contribution in [3.8, 4) is 16.9 Å². The van der Waals surface area contributed by atoms with Crippen LogP contribution in [0.1, 0.15) is 22.3 Å². The number of aldehydes is 1. The number of rotatable bonds is 7. The summed E-state index contributed by atoms with van der Waals surface area (Å²) < 4.78 is 5.06. The number of aliphatic carboxylic acids is 1. The summed E-state index contributed by atoms with van der Waals surface area (Å²) in [5.41, 5.74) is 19.6. The SMILES string of the molecule is COc1ccccc1CN.NCCC(N)C(=O)O.O=Cc1ccc(-c2ccccc2)cc1. The summed E-state index contributed by atoms with van der Waals surface area (Å²) in [7, 11) is 1.65. The van der Waals surface area contributed by atoms with Crippen LogP contribution in [0.4, 0.5) is 0 Å². The first-order valence-electron chi connectivity index (χ1n) is 10.1. The summed E-state index contributed by atoms with van der Waals surface area (Å²) in [5.74, 6) is -0.125. The van der Waals surface area contributed by atoms with Crippen LogP contribution < -0.4 is 21.9 Å². The molecule has 3 aromatic rings. The number of carbonyl (C=O) groups excluding carboxylic acids is 1. The summed E-state index contributed by atoms with van der Waals surface area (Å²) in [5, 5.41) is 8.13. The van der Waals surface area contributed by atoms with E-state index in [9.17, 15) is 9.59 Å². The van der Waals surface area contributed by atoms with Crippen LogP contribution in [0.5, 0.6) is 5.75 Å². The van der Waals surface area contributed by atoms with Crippen LogP contribution in [0.3, 0.4) is 0 Å². The van der Waals surface area contributed by atoms with Gasteiger partial charge in [-0.25, -0.2) is 0 Å². The van der Waals surface area contributed by atoms with Crippen molar-refractivity contribution in [3.63, 3.8) is 0 Å². The second kappa shape index (κ2) is 15.3. The average Bonchev–Trinajstić information content (AvgIpc) is 2.85. The van der Waals surface area contributed by atoms with E-state index < -0.39 is 12.0 Å². The van der Waals surface area contributed by atoms with E-state index in [2.05, 4.69) is 12.1 Å². The Bertz CT molecular complexity index is 908. The molecule has 0 radical (unpaired) electrons. The summed E-state index contributed by atoms with van der Waals surface area (Å²) >= 11 is 0. The molecule has 170 valence electrons. The minimum absolute atomic E-state index is 0.327. The van der Waals surface area contributed by atoms with Gasteiger partial charge in [-0.3, -0.25) is 9.59 Å². The van der Waals surface area contributed by atoms with Crippen molar-refractivity contribution in [2.24, 2.45) is 17.2 Å². The van der Waals surface area contributed by atoms with Crippen LogP contribution in [-0.4, -0.2) is 37.1 Å². The molecule has 32 heavy (non-hydrogen) atoms. The highest BCUT2D eigenvalue weighted by molar-refractivity contribution is 5.76. The highest BCUT2D eigenvalue weighted by Crippen LogP contribution is 2.18. The van der Waals surface area contributed by atoms with Gasteiger partial charge < -0.3 is 27.0 Å². The topological polar surface area (TPSA) is 142 Å². The molecule has 0 aliphatic rings. The average molecular weight is 438 g/mol. The Balaban J connectivity index is 0.000000253. The van der Waals surface area contributed by atoms with Crippen LogP contribution in [0.2, 0.25) is 0 Å². The number of methoxy groups -OCH3 is 1. The second-order valence-corrected chi connectivity index (χ2v) is 6.64. The number of carboxylic acid groups (broad SMARTS) is 1. The van der Waals surface area contributed by atoms with Gasteiger partial charge in [-0.15, -0.1) is 0 Å². The van der Waals surface area contributed by atoms with Gasteiger partial charge in [0.2, 0.25) is 0 Å². The fourth-order valence-electron chi connectivity index (χ4n) is 2.56. The number of nitrogens with two attached hydrogens (primary N) is 3. The van der Waals surface area contributed by atoms with Gasteiger partial charge in [0, 0.05) is 17.7 Å². The molecule has 7 N–H and O–H groups in total. The number of hydrogen-bond acceptors (Lipinski definition) is 6. The molecule has 3 aromatic carbocycles. The molecule has 1 atom stereocenters. The number of hydrogen-bond donors (Lipinski definition) is 4. The van der Waals surface area contributed by atoms with Crippen molar-refractivity contribution in [1.29, 1.82) is 0 Å². The third kappa shape index (κ3) is 9.53. The maximum absolute atomic E-state index is 10.5. The third-order valence-corrected chi connectivity index (χ3v) is 4.36. The Morgan fingerprint density at radius 2 is 1.50 bits per heavy atom. The molecule has 0 saturated heterocycles. The van der Waals surface area contributed by atoms with E-state index in [4.69, 9.17) is 27.0 Å².